The summed E-state index contributed by atoms with van der Waals surface area (Å²) in [6.07, 6.45) is 1.04. The Hall–Kier alpha value is -4.09. The lowest BCUT2D eigenvalue weighted by Gasteiger charge is -2.22. The highest BCUT2D eigenvalue weighted by Crippen LogP contribution is 2.47. The van der Waals surface area contributed by atoms with Gasteiger partial charge in [-0.1, -0.05) is 82.7 Å². The van der Waals surface area contributed by atoms with Crippen LogP contribution in [0.15, 0.2) is 71.9 Å². The lowest BCUT2D eigenvalue weighted by molar-refractivity contribution is 0.302. The second kappa shape index (κ2) is 10.6. The molecule has 218 valence electrons. The summed E-state index contributed by atoms with van der Waals surface area (Å²) in [5.41, 5.74) is 9.67. The van der Waals surface area contributed by atoms with Crippen LogP contribution >= 0.6 is 11.3 Å². The molecular weight excluding hydrogens is 547 g/mol. The Labute approximate surface area is 257 Å². The number of rotatable bonds is 6. The van der Waals surface area contributed by atoms with Crippen molar-refractivity contribution in [2.24, 2.45) is 5.92 Å². The maximum atomic E-state index is 6.36. The van der Waals surface area contributed by atoms with Crippen LogP contribution in [0.5, 0.6) is 5.75 Å². The van der Waals surface area contributed by atoms with Crippen LogP contribution in [0.25, 0.3) is 53.3 Å². The monoisotopic (exact) mass is 585 g/mol. The summed E-state index contributed by atoms with van der Waals surface area (Å²) in [6.45, 7) is 16.1. The van der Waals surface area contributed by atoms with Gasteiger partial charge in [0.25, 0.3) is 0 Å². The predicted octanol–water partition coefficient (Wildman–Crippen LogP) is 11.3. The van der Waals surface area contributed by atoms with Gasteiger partial charge in [-0.05, 0) is 77.1 Å². The molecule has 0 unspecified atom stereocenters. The van der Waals surface area contributed by atoms with Gasteiger partial charge >= 0.3 is 0 Å². The number of allylic oxidation sites excluding steroid dienone is 2. The first-order valence-electron chi connectivity index (χ1n) is 15.5. The van der Waals surface area contributed by atoms with E-state index in [9.17, 15) is 0 Å². The van der Waals surface area contributed by atoms with E-state index >= 15 is 0 Å². The van der Waals surface area contributed by atoms with E-state index in [1.807, 2.05) is 11.3 Å². The lowest BCUT2D eigenvalue weighted by Crippen LogP contribution is -2.10. The van der Waals surface area contributed by atoms with Gasteiger partial charge in [-0.3, -0.25) is 0 Å². The summed E-state index contributed by atoms with van der Waals surface area (Å²) < 4.78 is 7.55. The zero-order valence-corrected chi connectivity index (χ0v) is 26.9. The van der Waals surface area contributed by atoms with Crippen molar-refractivity contribution in [1.29, 1.82) is 0 Å². The molecule has 0 saturated heterocycles. The first-order chi connectivity index (χ1) is 20.7. The van der Waals surface area contributed by atoms with Crippen molar-refractivity contribution in [3.05, 3.63) is 89.0 Å². The number of anilines is 1. The van der Waals surface area contributed by atoms with Crippen molar-refractivity contribution in [2.45, 2.75) is 67.4 Å². The number of ether oxygens (including phenoxy) is 1. The molecular formula is C38H39N3OS. The number of nitrogens with one attached hydrogen (secondary N) is 2. The molecule has 0 bridgehead atoms. The molecule has 1 aliphatic rings. The van der Waals surface area contributed by atoms with E-state index in [0.717, 1.165) is 34.9 Å². The number of nitrogens with zero attached hydrogens (tertiary/aromatic N) is 1. The molecule has 0 atom stereocenters. The van der Waals surface area contributed by atoms with Crippen molar-refractivity contribution in [3.8, 4) is 27.4 Å². The van der Waals surface area contributed by atoms with E-state index in [4.69, 9.17) is 9.72 Å². The number of fused-ring (bicyclic) bond motifs is 8. The fourth-order valence-corrected chi connectivity index (χ4v) is 7.64. The quantitative estimate of drug-likeness (QED) is 0.191. The maximum Gasteiger partial charge on any atom is 0.147 e. The number of aromatic amines is 1. The number of hydrogen-bond acceptors (Lipinski definition) is 4. The Morgan fingerprint density at radius 1 is 0.977 bits per heavy atom. The third-order valence-corrected chi connectivity index (χ3v) is 10.2. The summed E-state index contributed by atoms with van der Waals surface area (Å²) in [5, 5.41) is 10.3. The molecule has 3 heterocycles. The van der Waals surface area contributed by atoms with Crippen LogP contribution in [0.1, 0.15) is 71.0 Å². The smallest absolute Gasteiger partial charge is 0.147 e. The molecule has 0 spiro atoms. The zero-order valence-electron chi connectivity index (χ0n) is 26.1. The standard InChI is InChI=1S/C38H39N3OS/c1-8-22(6)33(20(2)3)40-34-23(7)26-11-9-10-12-27(26)30-17-24(13-15-28(30)34)32-18-25-14-16-29-35-31(39-38(41-35)21(4)5)19-42-36(29)37(25)43-32/h9-18,20-21,40H,8,19H2,1-7H3,(H,39,41)/b33-22+. The minimum atomic E-state index is 0.346. The fraction of sp³-hybridized carbons (Fsp3) is 0.289. The topological polar surface area (TPSA) is 49.9 Å². The number of thiophene rings is 1. The Kier molecular flexibility index (Phi) is 6.81. The van der Waals surface area contributed by atoms with Gasteiger partial charge in [-0.25, -0.2) is 4.98 Å². The number of H-pyrrole nitrogens is 1. The highest BCUT2D eigenvalue weighted by molar-refractivity contribution is 7.22. The van der Waals surface area contributed by atoms with Crippen LogP contribution in [0, 0.1) is 12.8 Å². The molecule has 2 aromatic heterocycles. The van der Waals surface area contributed by atoms with Crippen molar-refractivity contribution < 1.29 is 4.74 Å². The van der Waals surface area contributed by atoms with Gasteiger partial charge in [0, 0.05) is 33.1 Å². The molecule has 6 aromatic rings. The summed E-state index contributed by atoms with van der Waals surface area (Å²) >= 11 is 1.81. The molecule has 0 aliphatic carbocycles. The minimum Gasteiger partial charge on any atom is -0.485 e. The second-order valence-electron chi connectivity index (χ2n) is 12.5. The number of imidazole rings is 1. The molecule has 43 heavy (non-hydrogen) atoms. The van der Waals surface area contributed by atoms with Gasteiger partial charge < -0.3 is 15.0 Å². The third-order valence-electron chi connectivity index (χ3n) is 9.00. The normalized spacial score (nSPS) is 13.5. The van der Waals surface area contributed by atoms with Gasteiger partial charge in [-0.2, -0.15) is 0 Å². The van der Waals surface area contributed by atoms with Crippen LogP contribution in [0.2, 0.25) is 0 Å². The van der Waals surface area contributed by atoms with Gasteiger partial charge in [0.1, 0.15) is 23.9 Å². The Bertz CT molecular complexity index is 2070. The summed E-state index contributed by atoms with van der Waals surface area (Å²) in [4.78, 5) is 9.63. The molecule has 4 nitrogen and oxygen atoms in total. The van der Waals surface area contributed by atoms with Gasteiger partial charge in [-0.15, -0.1) is 11.3 Å². The van der Waals surface area contributed by atoms with E-state index in [-0.39, 0.29) is 0 Å². The van der Waals surface area contributed by atoms with Crippen LogP contribution in [-0.4, -0.2) is 9.97 Å². The molecule has 0 radical (unpaired) electrons. The lowest BCUT2D eigenvalue weighted by atomic mass is 9.93. The third kappa shape index (κ3) is 4.53. The Morgan fingerprint density at radius 3 is 2.51 bits per heavy atom. The molecule has 0 fully saturated rings. The molecule has 2 N–H and O–H groups in total. The van der Waals surface area contributed by atoms with E-state index in [2.05, 4.69) is 119 Å². The van der Waals surface area contributed by atoms with Crippen molar-refractivity contribution in [2.75, 3.05) is 5.32 Å². The average molecular weight is 586 g/mol. The van der Waals surface area contributed by atoms with Crippen LogP contribution in [0.3, 0.4) is 0 Å². The van der Waals surface area contributed by atoms with Gasteiger partial charge in [0.15, 0.2) is 0 Å². The largest absolute Gasteiger partial charge is 0.485 e. The predicted molar refractivity (Wildman–Crippen MR) is 184 cm³/mol. The van der Waals surface area contributed by atoms with Gasteiger partial charge in [0.2, 0.25) is 0 Å². The van der Waals surface area contributed by atoms with E-state index in [0.29, 0.717) is 18.4 Å². The summed E-state index contributed by atoms with van der Waals surface area (Å²) in [6, 6.07) is 22.5. The van der Waals surface area contributed by atoms with Crippen LogP contribution < -0.4 is 10.1 Å². The number of benzene rings is 4. The van der Waals surface area contributed by atoms with Crippen molar-refractivity contribution >= 4 is 48.7 Å². The van der Waals surface area contributed by atoms with Crippen LogP contribution in [-0.2, 0) is 6.61 Å². The minimum absolute atomic E-state index is 0.346. The zero-order chi connectivity index (χ0) is 30.0. The van der Waals surface area contributed by atoms with E-state index in [1.165, 1.54) is 64.6 Å². The number of aryl methyl sites for hydroxylation is 1. The van der Waals surface area contributed by atoms with E-state index < -0.39 is 0 Å². The SMILES string of the molecule is CC/C(C)=C(/Nc1c(C)c2ccccc2c2cc(-c3cc4ccc5c(c4s3)OCc3nc(C(C)C)[nH]c3-5)ccc12)C(C)C. The highest BCUT2D eigenvalue weighted by atomic mass is 32.1. The number of hydrogen-bond donors (Lipinski definition) is 2. The van der Waals surface area contributed by atoms with Gasteiger partial charge in [0.05, 0.1) is 10.4 Å². The highest BCUT2D eigenvalue weighted by Gasteiger charge is 2.25. The molecule has 5 heteroatoms. The Morgan fingerprint density at radius 2 is 1.77 bits per heavy atom. The van der Waals surface area contributed by atoms with Crippen molar-refractivity contribution in [1.82, 2.24) is 9.97 Å². The van der Waals surface area contributed by atoms with Crippen LogP contribution in [0.4, 0.5) is 5.69 Å². The summed E-state index contributed by atoms with van der Waals surface area (Å²) in [7, 11) is 0. The molecule has 7 rings (SSSR count). The maximum absolute atomic E-state index is 6.36. The average Bonchev–Trinajstić information content (AvgIpc) is 3.66. The summed E-state index contributed by atoms with van der Waals surface area (Å²) in [5.74, 6) is 2.74. The molecule has 1 aliphatic heterocycles. The molecule has 4 aromatic carbocycles. The van der Waals surface area contributed by atoms with Crippen molar-refractivity contribution in [3.63, 3.8) is 0 Å². The molecule has 0 amide bonds. The first kappa shape index (κ1) is 27.7. The van der Waals surface area contributed by atoms with E-state index in [1.54, 1.807) is 0 Å². The second-order valence-corrected chi connectivity index (χ2v) is 13.5. The first-order valence-corrected chi connectivity index (χ1v) is 16.3. The molecule has 0 saturated carbocycles. The fourth-order valence-electron chi connectivity index (χ4n) is 6.48. The Balaban J connectivity index is 1.38. The number of aromatic nitrogens is 2.